The molecule has 2 aromatic carbocycles. The van der Waals surface area contributed by atoms with Gasteiger partial charge in [0.25, 0.3) is 0 Å². The number of nitrogens with one attached hydrogen (secondary N) is 3. The molecule has 0 aromatic heterocycles. The van der Waals surface area contributed by atoms with Crippen molar-refractivity contribution in [1.82, 2.24) is 16.0 Å². The van der Waals surface area contributed by atoms with Gasteiger partial charge < -0.3 is 10.6 Å². The predicted octanol–water partition coefficient (Wildman–Crippen LogP) is 3.47. The zero-order chi connectivity index (χ0) is 20.5. The molecule has 1 aliphatic heterocycles. The summed E-state index contributed by atoms with van der Waals surface area (Å²) in [5, 5.41) is 9.94. The van der Waals surface area contributed by atoms with E-state index in [0.29, 0.717) is 24.4 Å². The van der Waals surface area contributed by atoms with Crippen molar-refractivity contribution in [2.45, 2.75) is 43.0 Å². The molecule has 2 unspecified atom stereocenters. The first kappa shape index (κ1) is 21.7. The van der Waals surface area contributed by atoms with E-state index in [1.54, 1.807) is 11.8 Å². The maximum atomic E-state index is 12.2. The van der Waals surface area contributed by atoms with E-state index < -0.39 is 0 Å². The molecule has 1 saturated heterocycles. The summed E-state index contributed by atoms with van der Waals surface area (Å²) in [5.74, 6) is 0.662. The molecule has 0 bridgehead atoms. The Labute approximate surface area is 181 Å². The minimum absolute atomic E-state index is 0.0242. The normalized spacial score (nSPS) is 18.9. The molecule has 2 aromatic rings. The lowest BCUT2D eigenvalue weighted by atomic mass is 10.1. The number of benzene rings is 2. The van der Waals surface area contributed by atoms with Gasteiger partial charge in [-0.05, 0) is 36.1 Å². The number of rotatable bonds is 9. The molecule has 0 saturated carbocycles. The lowest BCUT2D eigenvalue weighted by Crippen LogP contribution is -2.55. The van der Waals surface area contributed by atoms with Crippen molar-refractivity contribution in [3.05, 3.63) is 70.7 Å². The van der Waals surface area contributed by atoms with Crippen LogP contribution in [0, 0.1) is 0 Å². The van der Waals surface area contributed by atoms with Crippen LogP contribution >= 0.6 is 23.4 Å². The largest absolute Gasteiger partial charge is 0.356 e. The monoisotopic (exact) mass is 431 g/mol. The van der Waals surface area contributed by atoms with Gasteiger partial charge in [0.05, 0.1) is 0 Å². The number of thioether (sulfide) groups is 1. The van der Waals surface area contributed by atoms with E-state index in [4.69, 9.17) is 11.6 Å². The van der Waals surface area contributed by atoms with Crippen LogP contribution in [0.15, 0.2) is 54.6 Å². The van der Waals surface area contributed by atoms with Gasteiger partial charge in [0, 0.05) is 36.2 Å². The van der Waals surface area contributed by atoms with Crippen LogP contribution < -0.4 is 16.0 Å². The molecule has 1 heterocycles. The van der Waals surface area contributed by atoms with Gasteiger partial charge in [0.2, 0.25) is 11.8 Å². The summed E-state index contributed by atoms with van der Waals surface area (Å²) in [6, 6.07) is 17.7. The molecule has 3 rings (SSSR count). The minimum Gasteiger partial charge on any atom is -0.356 e. The van der Waals surface area contributed by atoms with Crippen LogP contribution in [0.25, 0.3) is 0 Å². The molecule has 2 atom stereocenters. The quantitative estimate of drug-likeness (QED) is 0.532. The molecular weight excluding hydrogens is 406 g/mol. The molecule has 5 nitrogen and oxygen atoms in total. The summed E-state index contributed by atoms with van der Waals surface area (Å²) in [6.07, 6.45) is 2.44. The first-order chi connectivity index (χ1) is 14.1. The Hall–Kier alpha value is -2.02. The standard InChI is InChI=1S/C22H26ClN3O2S/c23-18-10-4-8-17(12-18)15-29-22-25-19(14-21(28)26-22)13-20(27)24-11-5-9-16-6-2-1-3-7-16/h1-4,6-8,10,12,19,22,25H,5,9,11,13-15H2,(H,24,27)(H,26,28). The molecule has 0 spiro atoms. The molecule has 154 valence electrons. The number of amides is 2. The van der Waals surface area contributed by atoms with Crippen molar-refractivity contribution >= 4 is 35.2 Å². The van der Waals surface area contributed by atoms with Crippen LogP contribution in [0.1, 0.15) is 30.4 Å². The molecule has 29 heavy (non-hydrogen) atoms. The topological polar surface area (TPSA) is 70.2 Å². The fourth-order valence-corrected chi connectivity index (χ4v) is 4.49. The summed E-state index contributed by atoms with van der Waals surface area (Å²) >= 11 is 7.60. The maximum absolute atomic E-state index is 12.2. The predicted molar refractivity (Wildman–Crippen MR) is 119 cm³/mol. The van der Waals surface area contributed by atoms with E-state index >= 15 is 0 Å². The average Bonchev–Trinajstić information content (AvgIpc) is 2.70. The number of hydrogen-bond acceptors (Lipinski definition) is 4. The summed E-state index contributed by atoms with van der Waals surface area (Å²) in [4.78, 5) is 24.3. The van der Waals surface area contributed by atoms with Gasteiger partial charge in [-0.15, -0.1) is 11.8 Å². The van der Waals surface area contributed by atoms with E-state index in [2.05, 4.69) is 28.1 Å². The third-order valence-corrected chi connectivity index (χ3v) is 5.98. The zero-order valence-corrected chi connectivity index (χ0v) is 17.8. The third-order valence-electron chi connectivity index (χ3n) is 4.66. The fraction of sp³-hybridized carbons (Fsp3) is 0.364. The van der Waals surface area contributed by atoms with Gasteiger partial charge >= 0.3 is 0 Å². The third kappa shape index (κ3) is 7.72. The molecule has 0 aliphatic carbocycles. The van der Waals surface area contributed by atoms with Crippen molar-refractivity contribution in [2.24, 2.45) is 0 Å². The van der Waals surface area contributed by atoms with Crippen LogP contribution in [0.5, 0.6) is 0 Å². The number of carbonyl (C=O) groups is 2. The highest BCUT2D eigenvalue weighted by Gasteiger charge is 2.27. The van der Waals surface area contributed by atoms with E-state index in [1.807, 2.05) is 42.5 Å². The number of aryl methyl sites for hydroxylation is 1. The number of halogens is 1. The highest BCUT2D eigenvalue weighted by atomic mass is 35.5. The highest BCUT2D eigenvalue weighted by Crippen LogP contribution is 2.20. The maximum Gasteiger partial charge on any atom is 0.223 e. The van der Waals surface area contributed by atoms with Gasteiger partial charge in [0.1, 0.15) is 5.50 Å². The van der Waals surface area contributed by atoms with Crippen LogP contribution in [0.4, 0.5) is 0 Å². The average molecular weight is 432 g/mol. The smallest absolute Gasteiger partial charge is 0.223 e. The van der Waals surface area contributed by atoms with Crippen LogP contribution in [-0.2, 0) is 21.8 Å². The van der Waals surface area contributed by atoms with E-state index in [-0.39, 0.29) is 23.4 Å². The molecular formula is C22H26ClN3O2S. The van der Waals surface area contributed by atoms with Gasteiger partial charge in [-0.1, -0.05) is 54.1 Å². The lowest BCUT2D eigenvalue weighted by molar-refractivity contribution is -0.125. The second-order valence-electron chi connectivity index (χ2n) is 7.10. The zero-order valence-electron chi connectivity index (χ0n) is 16.2. The lowest BCUT2D eigenvalue weighted by Gasteiger charge is -2.31. The Morgan fingerprint density at radius 1 is 1.14 bits per heavy atom. The molecule has 1 aliphatic rings. The van der Waals surface area contributed by atoms with E-state index in [0.717, 1.165) is 24.2 Å². The van der Waals surface area contributed by atoms with Crippen LogP contribution in [-0.4, -0.2) is 29.9 Å². The Morgan fingerprint density at radius 2 is 1.93 bits per heavy atom. The van der Waals surface area contributed by atoms with Crippen molar-refractivity contribution in [3.63, 3.8) is 0 Å². The van der Waals surface area contributed by atoms with Crippen molar-refractivity contribution in [2.75, 3.05) is 6.54 Å². The molecule has 1 fully saturated rings. The Bertz CT molecular complexity index is 819. The van der Waals surface area contributed by atoms with E-state index in [9.17, 15) is 9.59 Å². The molecule has 3 N–H and O–H groups in total. The van der Waals surface area contributed by atoms with Crippen LogP contribution in [0.2, 0.25) is 5.02 Å². The van der Waals surface area contributed by atoms with E-state index in [1.165, 1.54) is 5.56 Å². The first-order valence-electron chi connectivity index (χ1n) is 9.80. The summed E-state index contributed by atoms with van der Waals surface area (Å²) < 4.78 is 0. The first-order valence-corrected chi connectivity index (χ1v) is 11.2. The Balaban J connectivity index is 1.38. The SMILES string of the molecule is O=C(CC1CC(=O)NC(SCc2cccc(Cl)c2)N1)NCCCc1ccccc1. The van der Waals surface area contributed by atoms with Gasteiger partial charge in [-0.3, -0.25) is 14.9 Å². The van der Waals surface area contributed by atoms with Crippen molar-refractivity contribution in [1.29, 1.82) is 0 Å². The highest BCUT2D eigenvalue weighted by molar-refractivity contribution is 7.99. The molecule has 7 heteroatoms. The van der Waals surface area contributed by atoms with Gasteiger partial charge in [-0.25, -0.2) is 0 Å². The summed E-state index contributed by atoms with van der Waals surface area (Å²) in [6.45, 7) is 0.638. The molecule has 0 radical (unpaired) electrons. The Morgan fingerprint density at radius 3 is 2.72 bits per heavy atom. The Kier molecular flexibility index (Phi) is 8.40. The van der Waals surface area contributed by atoms with Crippen molar-refractivity contribution < 1.29 is 9.59 Å². The fourth-order valence-electron chi connectivity index (χ4n) is 3.23. The molecule has 2 amide bonds. The second-order valence-corrected chi connectivity index (χ2v) is 8.63. The number of carbonyl (C=O) groups excluding carboxylic acids is 2. The number of hydrogen-bond donors (Lipinski definition) is 3. The van der Waals surface area contributed by atoms with Gasteiger partial charge in [-0.2, -0.15) is 0 Å². The summed E-state index contributed by atoms with van der Waals surface area (Å²) in [5.41, 5.74) is 2.15. The van der Waals surface area contributed by atoms with Crippen LogP contribution in [0.3, 0.4) is 0 Å². The second kappa shape index (κ2) is 11.2. The van der Waals surface area contributed by atoms with Gasteiger partial charge in [0.15, 0.2) is 0 Å². The minimum atomic E-state index is -0.217. The van der Waals surface area contributed by atoms with Crippen molar-refractivity contribution in [3.8, 4) is 0 Å². The summed E-state index contributed by atoms with van der Waals surface area (Å²) in [7, 11) is 0.